The number of fused-ring (bicyclic) bond motifs is 3. The van der Waals surface area contributed by atoms with E-state index in [1.807, 2.05) is 13.8 Å². The third-order valence-electron chi connectivity index (χ3n) is 5.18. The summed E-state index contributed by atoms with van der Waals surface area (Å²) in [6.45, 7) is 8.37. The maximum Gasteiger partial charge on any atom is 0.358 e. The van der Waals surface area contributed by atoms with Crippen LogP contribution in [0.5, 0.6) is 0 Å². The van der Waals surface area contributed by atoms with Crippen molar-refractivity contribution in [2.75, 3.05) is 17.7 Å². The highest BCUT2D eigenvalue weighted by molar-refractivity contribution is 8.00. The van der Waals surface area contributed by atoms with E-state index in [0.29, 0.717) is 17.7 Å². The van der Waals surface area contributed by atoms with Crippen LogP contribution in [-0.2, 0) is 22.4 Å². The number of esters is 1. The number of ether oxygens (including phenoxy) is 1. The van der Waals surface area contributed by atoms with Crippen LogP contribution in [0.3, 0.4) is 0 Å². The third kappa shape index (κ3) is 5.13. The SMILES string of the molecule is Cc1sc(NC(=O)CSc2ncnc3sc4c(c23)CCC(C)C4)nc1C(=O)OCC(C)C. The molecule has 0 saturated carbocycles. The standard InChI is InChI=1S/C22H26N4O3S3/c1-11(2)8-29-21(28)18-13(4)31-22(26-18)25-16(27)9-30-19-17-14-6-5-12(3)7-15(14)32-20(17)24-10-23-19/h10-12H,5-9H2,1-4H3,(H,25,26,27). The number of rotatable bonds is 7. The number of carbonyl (C=O) groups is 2. The number of nitrogens with zero attached hydrogens (tertiary/aromatic N) is 3. The predicted octanol–water partition coefficient (Wildman–Crippen LogP) is 5.12. The highest BCUT2D eigenvalue weighted by Crippen LogP contribution is 2.40. The Hall–Kier alpha value is -2.04. The Kier molecular flexibility index (Phi) is 7.11. The Morgan fingerprint density at radius 3 is 2.91 bits per heavy atom. The maximum atomic E-state index is 12.6. The summed E-state index contributed by atoms with van der Waals surface area (Å²) in [7, 11) is 0. The van der Waals surface area contributed by atoms with Crippen LogP contribution in [0.1, 0.15) is 53.0 Å². The molecule has 0 spiro atoms. The molecule has 0 aromatic carbocycles. The lowest BCUT2D eigenvalue weighted by molar-refractivity contribution is -0.113. The molecule has 170 valence electrons. The highest BCUT2D eigenvalue weighted by Gasteiger charge is 2.24. The monoisotopic (exact) mass is 490 g/mol. The highest BCUT2D eigenvalue weighted by atomic mass is 32.2. The third-order valence-corrected chi connectivity index (χ3v) is 8.22. The molecule has 4 rings (SSSR count). The fraction of sp³-hybridized carbons (Fsp3) is 0.500. The molecule has 10 heteroatoms. The van der Waals surface area contributed by atoms with Gasteiger partial charge >= 0.3 is 5.97 Å². The summed E-state index contributed by atoms with van der Waals surface area (Å²) in [5, 5.41) is 5.17. The van der Waals surface area contributed by atoms with Crippen molar-refractivity contribution < 1.29 is 14.3 Å². The van der Waals surface area contributed by atoms with E-state index in [-0.39, 0.29) is 23.3 Å². The van der Waals surface area contributed by atoms with Gasteiger partial charge in [0.1, 0.15) is 16.2 Å². The van der Waals surface area contributed by atoms with Gasteiger partial charge in [0.2, 0.25) is 5.91 Å². The molecule has 0 radical (unpaired) electrons. The van der Waals surface area contributed by atoms with E-state index in [4.69, 9.17) is 4.74 Å². The van der Waals surface area contributed by atoms with Gasteiger partial charge in [-0.25, -0.2) is 19.7 Å². The Bertz CT molecular complexity index is 1150. The van der Waals surface area contributed by atoms with Gasteiger partial charge in [-0.2, -0.15) is 0 Å². The number of hydrogen-bond donors (Lipinski definition) is 1. The quantitative estimate of drug-likeness (QED) is 0.279. The Morgan fingerprint density at radius 1 is 1.31 bits per heavy atom. The number of nitrogens with one attached hydrogen (secondary N) is 1. The molecule has 1 atom stereocenters. The molecule has 1 N–H and O–H groups in total. The van der Waals surface area contributed by atoms with Gasteiger partial charge in [0, 0.05) is 15.1 Å². The van der Waals surface area contributed by atoms with Gasteiger partial charge in [-0.15, -0.1) is 22.7 Å². The first-order valence-corrected chi connectivity index (χ1v) is 13.3. The summed E-state index contributed by atoms with van der Waals surface area (Å²) in [5.74, 6) is 0.510. The Morgan fingerprint density at radius 2 is 2.12 bits per heavy atom. The largest absolute Gasteiger partial charge is 0.461 e. The minimum atomic E-state index is -0.456. The van der Waals surface area contributed by atoms with Crippen LogP contribution in [0, 0.1) is 18.8 Å². The van der Waals surface area contributed by atoms with Gasteiger partial charge in [0.25, 0.3) is 0 Å². The molecule has 1 amide bonds. The van der Waals surface area contributed by atoms with Crippen molar-refractivity contribution in [2.24, 2.45) is 11.8 Å². The van der Waals surface area contributed by atoms with Crippen molar-refractivity contribution in [3.63, 3.8) is 0 Å². The molecule has 3 aromatic rings. The summed E-state index contributed by atoms with van der Waals surface area (Å²) in [5.41, 5.74) is 1.61. The number of anilines is 1. The zero-order chi connectivity index (χ0) is 22.8. The fourth-order valence-electron chi connectivity index (χ4n) is 3.59. The number of aromatic nitrogens is 3. The number of thioether (sulfide) groups is 1. The molecule has 32 heavy (non-hydrogen) atoms. The topological polar surface area (TPSA) is 94.1 Å². The lowest BCUT2D eigenvalue weighted by Crippen LogP contribution is -2.15. The average molecular weight is 491 g/mol. The maximum absolute atomic E-state index is 12.6. The molecule has 3 aromatic heterocycles. The first kappa shape index (κ1) is 23.1. The molecule has 3 heterocycles. The number of thiophene rings is 1. The molecule has 1 unspecified atom stereocenters. The van der Waals surface area contributed by atoms with Crippen molar-refractivity contribution in [3.05, 3.63) is 27.3 Å². The summed E-state index contributed by atoms with van der Waals surface area (Å²) < 4.78 is 5.25. The van der Waals surface area contributed by atoms with E-state index >= 15 is 0 Å². The molecule has 0 bridgehead atoms. The lowest BCUT2D eigenvalue weighted by Gasteiger charge is -2.18. The number of amides is 1. The van der Waals surface area contributed by atoms with Crippen LogP contribution in [0.2, 0.25) is 0 Å². The first-order valence-electron chi connectivity index (χ1n) is 10.6. The molecule has 7 nitrogen and oxygen atoms in total. The normalized spacial score (nSPS) is 15.7. The zero-order valence-corrected chi connectivity index (χ0v) is 21.0. The first-order chi connectivity index (χ1) is 15.3. The van der Waals surface area contributed by atoms with Gasteiger partial charge in [0.05, 0.1) is 12.4 Å². The second-order valence-electron chi connectivity index (χ2n) is 8.46. The fourth-order valence-corrected chi connectivity index (χ4v) is 6.65. The van der Waals surface area contributed by atoms with Crippen molar-refractivity contribution >= 4 is 61.7 Å². The summed E-state index contributed by atoms with van der Waals surface area (Å²) in [6.07, 6.45) is 4.88. The van der Waals surface area contributed by atoms with Crippen molar-refractivity contribution in [3.8, 4) is 0 Å². The van der Waals surface area contributed by atoms with Crippen LogP contribution in [0.4, 0.5) is 5.13 Å². The van der Waals surface area contributed by atoms with Crippen LogP contribution in [0.15, 0.2) is 11.4 Å². The lowest BCUT2D eigenvalue weighted by atomic mass is 9.89. The number of thiazole rings is 1. The second kappa shape index (κ2) is 9.84. The van der Waals surface area contributed by atoms with E-state index in [2.05, 4.69) is 27.2 Å². The number of aryl methyl sites for hydroxylation is 2. The molecule has 0 saturated heterocycles. The summed E-state index contributed by atoms with van der Waals surface area (Å²) >= 11 is 4.44. The predicted molar refractivity (Wildman–Crippen MR) is 130 cm³/mol. The van der Waals surface area contributed by atoms with E-state index in [1.165, 1.54) is 40.0 Å². The smallest absolute Gasteiger partial charge is 0.358 e. The van der Waals surface area contributed by atoms with E-state index in [0.717, 1.165) is 33.0 Å². The van der Waals surface area contributed by atoms with Gasteiger partial charge in [-0.3, -0.25) is 4.79 Å². The summed E-state index contributed by atoms with van der Waals surface area (Å²) in [4.78, 5) is 41.1. The number of hydrogen-bond acceptors (Lipinski definition) is 9. The van der Waals surface area contributed by atoms with Crippen LogP contribution in [-0.4, -0.2) is 39.2 Å². The minimum absolute atomic E-state index is 0.185. The molecule has 0 fully saturated rings. The van der Waals surface area contributed by atoms with Gasteiger partial charge in [0.15, 0.2) is 10.8 Å². The van der Waals surface area contributed by atoms with E-state index < -0.39 is 5.97 Å². The number of carbonyl (C=O) groups excluding carboxylic acids is 2. The zero-order valence-electron chi connectivity index (χ0n) is 18.6. The van der Waals surface area contributed by atoms with Crippen molar-refractivity contribution in [1.82, 2.24) is 15.0 Å². The molecular formula is C22H26N4O3S3. The molecular weight excluding hydrogens is 464 g/mol. The van der Waals surface area contributed by atoms with E-state index in [1.54, 1.807) is 24.6 Å². The second-order valence-corrected chi connectivity index (χ2v) is 11.7. The van der Waals surface area contributed by atoms with Gasteiger partial charge in [-0.05, 0) is 43.6 Å². The summed E-state index contributed by atoms with van der Waals surface area (Å²) in [6, 6.07) is 0. The Labute approximate surface area is 199 Å². The van der Waals surface area contributed by atoms with Gasteiger partial charge in [-0.1, -0.05) is 32.5 Å². The Balaban J connectivity index is 1.41. The van der Waals surface area contributed by atoms with Crippen molar-refractivity contribution in [2.45, 2.75) is 52.0 Å². The minimum Gasteiger partial charge on any atom is -0.461 e. The average Bonchev–Trinajstić information content (AvgIpc) is 3.29. The molecule has 1 aliphatic carbocycles. The van der Waals surface area contributed by atoms with Gasteiger partial charge < -0.3 is 10.1 Å². The van der Waals surface area contributed by atoms with Crippen LogP contribution < -0.4 is 5.32 Å². The van der Waals surface area contributed by atoms with E-state index in [9.17, 15) is 9.59 Å². The molecule has 1 aliphatic rings. The molecule has 0 aliphatic heterocycles. The van der Waals surface area contributed by atoms with Crippen molar-refractivity contribution in [1.29, 1.82) is 0 Å². The van der Waals surface area contributed by atoms with Crippen LogP contribution >= 0.6 is 34.4 Å². The van der Waals surface area contributed by atoms with Crippen LogP contribution in [0.25, 0.3) is 10.2 Å².